The molecule has 75 valence electrons. The smallest absolute Gasteiger partial charge is 0.223 e. The molecular weight excluding hydrogens is 198 g/mol. The molecule has 4 nitrogen and oxygen atoms in total. The van der Waals surface area contributed by atoms with Crippen LogP contribution in [-0.4, -0.2) is 10.9 Å². The van der Waals surface area contributed by atoms with Crippen molar-refractivity contribution >= 4 is 22.4 Å². The Hall–Kier alpha value is -0.940. The van der Waals surface area contributed by atoms with E-state index in [1.54, 1.807) is 0 Å². The molecule has 1 fully saturated rings. The summed E-state index contributed by atoms with van der Waals surface area (Å²) in [5.41, 5.74) is 8.35. The van der Waals surface area contributed by atoms with E-state index in [-0.39, 0.29) is 5.91 Å². The minimum atomic E-state index is -0.479. The van der Waals surface area contributed by atoms with Gasteiger partial charge in [0.25, 0.3) is 0 Å². The van der Waals surface area contributed by atoms with Gasteiger partial charge in [-0.15, -0.1) is 11.3 Å². The quantitative estimate of drug-likeness (QED) is 0.808. The van der Waals surface area contributed by atoms with Gasteiger partial charge in [-0.1, -0.05) is 0 Å². The number of anilines is 1. The highest BCUT2D eigenvalue weighted by Crippen LogP contribution is 2.40. The predicted octanol–water partition coefficient (Wildman–Crippen LogP) is 1.76. The number of nitrogens with zero attached hydrogens (tertiary/aromatic N) is 1. The maximum absolute atomic E-state index is 10.8. The first-order chi connectivity index (χ1) is 6.60. The molecule has 5 heteroatoms. The largest absolute Gasteiger partial charge is 0.302 e. The van der Waals surface area contributed by atoms with E-state index in [1.165, 1.54) is 18.3 Å². The first-order valence-corrected chi connectivity index (χ1v) is 5.47. The molecule has 0 saturated heterocycles. The van der Waals surface area contributed by atoms with Crippen LogP contribution in [0.4, 0.5) is 5.13 Å². The Morgan fingerprint density at radius 3 is 2.93 bits per heavy atom. The van der Waals surface area contributed by atoms with Gasteiger partial charge in [-0.25, -0.2) is 10.7 Å². The fraction of sp³-hybridized carbons (Fsp3) is 0.556. The highest BCUT2D eigenvalue weighted by molar-refractivity contribution is 7.13. The third kappa shape index (κ3) is 1.65. The molecular formula is C9H12N3OS. The lowest BCUT2D eigenvalue weighted by atomic mass is 9.76. The molecule has 1 aromatic rings. The van der Waals surface area contributed by atoms with E-state index in [4.69, 9.17) is 5.73 Å². The first kappa shape index (κ1) is 9.61. The van der Waals surface area contributed by atoms with Crippen molar-refractivity contribution in [1.29, 1.82) is 0 Å². The normalized spacial score (nSPS) is 18.7. The van der Waals surface area contributed by atoms with Crippen molar-refractivity contribution in [3.05, 3.63) is 11.1 Å². The maximum Gasteiger partial charge on any atom is 0.223 e. The lowest BCUT2D eigenvalue weighted by molar-refractivity contribution is -0.114. The second-order valence-corrected chi connectivity index (χ2v) is 4.51. The van der Waals surface area contributed by atoms with Crippen LogP contribution < -0.4 is 11.1 Å². The molecule has 0 aliphatic heterocycles. The van der Waals surface area contributed by atoms with Gasteiger partial charge in [-0.3, -0.25) is 4.79 Å². The number of thiazole rings is 1. The molecule has 1 radical (unpaired) electrons. The Balaban J connectivity index is 2.13. The lowest BCUT2D eigenvalue weighted by Crippen LogP contribution is -2.35. The van der Waals surface area contributed by atoms with Crippen molar-refractivity contribution in [3.63, 3.8) is 0 Å². The Morgan fingerprint density at radius 2 is 2.43 bits per heavy atom. The maximum atomic E-state index is 10.8. The van der Waals surface area contributed by atoms with Crippen LogP contribution in [0.25, 0.3) is 0 Å². The average Bonchev–Trinajstić information content (AvgIpc) is 2.47. The van der Waals surface area contributed by atoms with Gasteiger partial charge >= 0.3 is 0 Å². The highest BCUT2D eigenvalue weighted by atomic mass is 32.1. The molecule has 14 heavy (non-hydrogen) atoms. The number of carbonyl (C=O) groups excluding carboxylic acids is 1. The molecule has 0 unspecified atom stereocenters. The molecule has 0 bridgehead atoms. The van der Waals surface area contributed by atoms with E-state index in [0.29, 0.717) is 5.13 Å². The zero-order chi connectivity index (χ0) is 10.2. The van der Waals surface area contributed by atoms with E-state index in [9.17, 15) is 4.79 Å². The highest BCUT2D eigenvalue weighted by Gasteiger charge is 2.37. The van der Waals surface area contributed by atoms with Gasteiger partial charge in [0.15, 0.2) is 5.13 Å². The minimum Gasteiger partial charge on any atom is -0.302 e. The second kappa shape index (κ2) is 3.33. The standard InChI is InChI=1S/C9H12N3OS/c1-6(13)11-8-12-7(5-14-8)9(10)3-2-4-9/h5,10H,2-4H2,1H3,(H,11,12,13). The molecule has 2 N–H and O–H groups in total. The van der Waals surface area contributed by atoms with Crippen molar-refractivity contribution in [2.75, 3.05) is 5.32 Å². The fourth-order valence-electron chi connectivity index (χ4n) is 1.49. The van der Waals surface area contributed by atoms with E-state index in [1.807, 2.05) is 5.38 Å². The van der Waals surface area contributed by atoms with Crippen LogP contribution in [0, 0.1) is 0 Å². The van der Waals surface area contributed by atoms with Crippen molar-refractivity contribution < 1.29 is 4.79 Å². The number of amides is 1. The van der Waals surface area contributed by atoms with E-state index in [2.05, 4.69) is 10.3 Å². The Bertz CT molecular complexity index is 357. The van der Waals surface area contributed by atoms with Crippen LogP contribution in [0.2, 0.25) is 0 Å². The number of nitrogens with one attached hydrogen (secondary N) is 2. The summed E-state index contributed by atoms with van der Waals surface area (Å²) >= 11 is 1.39. The Morgan fingerprint density at radius 1 is 1.71 bits per heavy atom. The average molecular weight is 210 g/mol. The van der Waals surface area contributed by atoms with E-state index >= 15 is 0 Å². The molecule has 1 saturated carbocycles. The van der Waals surface area contributed by atoms with Gasteiger partial charge < -0.3 is 5.32 Å². The summed E-state index contributed by atoms with van der Waals surface area (Å²) < 4.78 is 0. The molecule has 1 aromatic heterocycles. The molecule has 1 aliphatic rings. The zero-order valence-electron chi connectivity index (χ0n) is 7.96. The Kier molecular flexibility index (Phi) is 2.28. The lowest BCUT2D eigenvalue weighted by Gasteiger charge is -2.35. The number of aromatic nitrogens is 1. The molecule has 1 aliphatic carbocycles. The summed E-state index contributed by atoms with van der Waals surface area (Å²) in [6.45, 7) is 1.46. The van der Waals surface area contributed by atoms with Crippen molar-refractivity contribution in [2.24, 2.45) is 0 Å². The minimum absolute atomic E-state index is 0.112. The molecule has 0 atom stereocenters. The van der Waals surface area contributed by atoms with Gasteiger partial charge in [-0.2, -0.15) is 0 Å². The van der Waals surface area contributed by atoms with Crippen LogP contribution in [-0.2, 0) is 10.3 Å². The summed E-state index contributed by atoms with van der Waals surface area (Å²) in [5, 5.41) is 5.11. The van der Waals surface area contributed by atoms with Gasteiger partial charge in [0.1, 0.15) is 0 Å². The number of rotatable bonds is 2. The van der Waals surface area contributed by atoms with Crippen LogP contribution in [0.5, 0.6) is 0 Å². The van der Waals surface area contributed by atoms with Gasteiger partial charge in [0, 0.05) is 12.3 Å². The van der Waals surface area contributed by atoms with E-state index < -0.39 is 5.54 Å². The van der Waals surface area contributed by atoms with E-state index in [0.717, 1.165) is 25.0 Å². The molecule has 2 rings (SSSR count). The summed E-state index contributed by atoms with van der Waals surface area (Å²) in [6.07, 6.45) is 2.88. The van der Waals surface area contributed by atoms with Crippen molar-refractivity contribution in [2.45, 2.75) is 31.7 Å². The van der Waals surface area contributed by atoms with Crippen LogP contribution in [0.3, 0.4) is 0 Å². The molecule has 0 aromatic carbocycles. The summed E-state index contributed by atoms with van der Waals surface area (Å²) in [6, 6.07) is 0. The summed E-state index contributed by atoms with van der Waals surface area (Å²) in [4.78, 5) is 15.0. The first-order valence-electron chi connectivity index (χ1n) is 4.59. The topological polar surface area (TPSA) is 65.8 Å². The number of carbonyl (C=O) groups is 1. The molecule has 1 amide bonds. The monoisotopic (exact) mass is 210 g/mol. The second-order valence-electron chi connectivity index (χ2n) is 3.65. The van der Waals surface area contributed by atoms with Gasteiger partial charge in [0.05, 0.1) is 11.2 Å². The van der Waals surface area contributed by atoms with Crippen molar-refractivity contribution in [1.82, 2.24) is 10.7 Å². The number of hydrogen-bond donors (Lipinski definition) is 1. The van der Waals surface area contributed by atoms with Crippen molar-refractivity contribution in [3.8, 4) is 0 Å². The van der Waals surface area contributed by atoms with Gasteiger partial charge in [-0.05, 0) is 19.3 Å². The molecule has 1 heterocycles. The summed E-state index contributed by atoms with van der Waals surface area (Å²) in [5.74, 6) is -0.112. The van der Waals surface area contributed by atoms with Crippen LogP contribution >= 0.6 is 11.3 Å². The Labute approximate surface area is 86.5 Å². The third-order valence-corrected chi connectivity index (χ3v) is 3.24. The number of hydrogen-bond acceptors (Lipinski definition) is 3. The predicted molar refractivity (Wildman–Crippen MR) is 55.0 cm³/mol. The van der Waals surface area contributed by atoms with Gasteiger partial charge in [0.2, 0.25) is 5.91 Å². The summed E-state index contributed by atoms with van der Waals surface area (Å²) in [7, 11) is 0. The zero-order valence-corrected chi connectivity index (χ0v) is 8.78. The SMILES string of the molecule is CC(=O)Nc1nc(C2([NH])CCC2)cs1. The molecule has 0 spiro atoms. The fourth-order valence-corrected chi connectivity index (χ4v) is 2.34. The van der Waals surface area contributed by atoms with Crippen LogP contribution in [0.15, 0.2) is 5.38 Å². The van der Waals surface area contributed by atoms with Crippen LogP contribution in [0.1, 0.15) is 31.9 Å². The third-order valence-electron chi connectivity index (χ3n) is 2.48.